The van der Waals surface area contributed by atoms with Gasteiger partial charge in [0.2, 0.25) is 0 Å². The summed E-state index contributed by atoms with van der Waals surface area (Å²) in [5, 5.41) is 0. The summed E-state index contributed by atoms with van der Waals surface area (Å²) in [4.78, 5) is 23.7. The van der Waals surface area contributed by atoms with Crippen molar-refractivity contribution in [1.29, 1.82) is 0 Å². The SMILES string of the molecule is COC(=O)C1CN1C(=O)OC(C)(C)C. The molecule has 1 atom stereocenters. The highest BCUT2D eigenvalue weighted by atomic mass is 16.6. The molecule has 0 aliphatic carbocycles. The van der Waals surface area contributed by atoms with E-state index >= 15 is 0 Å². The molecule has 0 aromatic carbocycles. The molecule has 1 heterocycles. The van der Waals surface area contributed by atoms with Crippen LogP contribution < -0.4 is 0 Å². The Bertz CT molecular complexity index is 256. The quantitative estimate of drug-likeness (QED) is 0.464. The van der Waals surface area contributed by atoms with Crippen molar-refractivity contribution < 1.29 is 19.1 Å². The fourth-order valence-corrected chi connectivity index (χ4v) is 0.999. The molecule has 0 bridgehead atoms. The Labute approximate surface area is 83.0 Å². The largest absolute Gasteiger partial charge is 0.467 e. The number of ether oxygens (including phenoxy) is 2. The van der Waals surface area contributed by atoms with Crippen molar-refractivity contribution in [3.05, 3.63) is 0 Å². The molecule has 1 aliphatic heterocycles. The molecule has 1 amide bonds. The number of esters is 1. The molecule has 0 saturated carbocycles. The van der Waals surface area contributed by atoms with Gasteiger partial charge in [-0.15, -0.1) is 0 Å². The minimum atomic E-state index is -0.527. The summed E-state index contributed by atoms with van der Waals surface area (Å²) < 4.78 is 9.56. The van der Waals surface area contributed by atoms with Crippen molar-refractivity contribution in [2.24, 2.45) is 0 Å². The number of rotatable bonds is 1. The first-order valence-corrected chi connectivity index (χ1v) is 4.42. The standard InChI is InChI=1S/C9H15NO4/c1-9(2,3)14-8(12)10-5-6(10)7(11)13-4/h6H,5H2,1-4H3. The predicted octanol–water partition coefficient (Wildman–Crippen LogP) is 0.779. The first kappa shape index (κ1) is 10.8. The van der Waals surface area contributed by atoms with Crippen molar-refractivity contribution in [2.45, 2.75) is 32.4 Å². The van der Waals surface area contributed by atoms with Gasteiger partial charge in [-0.2, -0.15) is 0 Å². The van der Waals surface area contributed by atoms with Gasteiger partial charge in [-0.3, -0.25) is 4.90 Å². The van der Waals surface area contributed by atoms with Crippen LogP contribution in [0.3, 0.4) is 0 Å². The van der Waals surface area contributed by atoms with Gasteiger partial charge in [-0.05, 0) is 20.8 Å². The molecule has 5 heteroatoms. The number of carbonyl (C=O) groups excluding carboxylic acids is 2. The Kier molecular flexibility index (Phi) is 2.69. The third-order valence-electron chi connectivity index (χ3n) is 1.71. The van der Waals surface area contributed by atoms with Gasteiger partial charge in [-0.25, -0.2) is 9.59 Å². The number of amides is 1. The van der Waals surface area contributed by atoms with E-state index in [9.17, 15) is 9.59 Å². The second kappa shape index (κ2) is 3.48. The first-order valence-electron chi connectivity index (χ1n) is 4.42. The lowest BCUT2D eigenvalue weighted by Gasteiger charge is -2.19. The minimum Gasteiger partial charge on any atom is -0.467 e. The fourth-order valence-electron chi connectivity index (χ4n) is 0.999. The van der Waals surface area contributed by atoms with Gasteiger partial charge in [0.25, 0.3) is 0 Å². The van der Waals surface area contributed by atoms with Crippen LogP contribution in [0, 0.1) is 0 Å². The molecule has 1 rings (SSSR count). The third kappa shape index (κ3) is 2.61. The highest BCUT2D eigenvalue weighted by Crippen LogP contribution is 2.22. The topological polar surface area (TPSA) is 55.6 Å². The van der Waals surface area contributed by atoms with E-state index in [0.717, 1.165) is 0 Å². The van der Waals surface area contributed by atoms with Gasteiger partial charge in [0, 0.05) is 0 Å². The lowest BCUT2D eigenvalue weighted by atomic mass is 10.2. The Balaban J connectivity index is 2.40. The maximum Gasteiger partial charge on any atom is 0.411 e. The molecule has 0 aromatic rings. The van der Waals surface area contributed by atoms with Crippen molar-refractivity contribution in [1.82, 2.24) is 4.90 Å². The van der Waals surface area contributed by atoms with E-state index in [2.05, 4.69) is 4.74 Å². The van der Waals surface area contributed by atoms with Gasteiger partial charge in [0.15, 0.2) is 6.04 Å². The summed E-state index contributed by atoms with van der Waals surface area (Å²) >= 11 is 0. The van der Waals surface area contributed by atoms with Crippen LogP contribution in [0.25, 0.3) is 0 Å². The van der Waals surface area contributed by atoms with Crippen LogP contribution in [0.2, 0.25) is 0 Å². The van der Waals surface area contributed by atoms with Gasteiger partial charge >= 0.3 is 12.1 Å². The summed E-state index contributed by atoms with van der Waals surface area (Å²) in [7, 11) is 1.30. The Hall–Kier alpha value is -1.26. The minimum absolute atomic E-state index is 0.390. The summed E-state index contributed by atoms with van der Waals surface area (Å²) in [6.45, 7) is 5.73. The maximum absolute atomic E-state index is 11.3. The van der Waals surface area contributed by atoms with E-state index in [1.54, 1.807) is 20.8 Å². The normalized spacial score (nSPS) is 20.3. The molecule has 14 heavy (non-hydrogen) atoms. The highest BCUT2D eigenvalue weighted by molar-refractivity contribution is 5.86. The van der Waals surface area contributed by atoms with Crippen molar-refractivity contribution in [3.63, 3.8) is 0 Å². The van der Waals surface area contributed by atoms with E-state index < -0.39 is 23.7 Å². The number of nitrogens with zero attached hydrogens (tertiary/aromatic N) is 1. The molecular formula is C9H15NO4. The van der Waals surface area contributed by atoms with Crippen LogP contribution >= 0.6 is 0 Å². The number of carbonyl (C=O) groups is 2. The third-order valence-corrected chi connectivity index (χ3v) is 1.71. The molecule has 1 aliphatic rings. The molecule has 0 spiro atoms. The molecular weight excluding hydrogens is 186 g/mol. The van der Waals surface area contributed by atoms with Crippen molar-refractivity contribution >= 4 is 12.1 Å². The zero-order valence-electron chi connectivity index (χ0n) is 8.86. The average Bonchev–Trinajstić information content (AvgIpc) is 2.78. The summed E-state index contributed by atoms with van der Waals surface area (Å²) in [6, 6.07) is -0.449. The Morgan fingerprint density at radius 2 is 1.93 bits per heavy atom. The number of methoxy groups -OCH3 is 1. The van der Waals surface area contributed by atoms with E-state index in [4.69, 9.17) is 4.74 Å². The number of hydrogen-bond donors (Lipinski definition) is 0. The Morgan fingerprint density at radius 3 is 2.36 bits per heavy atom. The van der Waals surface area contributed by atoms with Crippen LogP contribution in [0.1, 0.15) is 20.8 Å². The maximum atomic E-state index is 11.3. The summed E-state index contributed by atoms with van der Waals surface area (Å²) in [6.07, 6.45) is -0.465. The molecule has 80 valence electrons. The van der Waals surface area contributed by atoms with Gasteiger partial charge < -0.3 is 9.47 Å². The second-order valence-electron chi connectivity index (χ2n) is 4.17. The predicted molar refractivity (Wildman–Crippen MR) is 48.7 cm³/mol. The molecule has 1 saturated heterocycles. The van der Waals surface area contributed by atoms with Crippen molar-refractivity contribution in [2.75, 3.05) is 13.7 Å². The molecule has 5 nitrogen and oxygen atoms in total. The molecule has 0 aromatic heterocycles. The first-order chi connectivity index (χ1) is 6.35. The van der Waals surface area contributed by atoms with Crippen LogP contribution in [0.5, 0.6) is 0 Å². The Morgan fingerprint density at radius 1 is 1.36 bits per heavy atom. The lowest BCUT2D eigenvalue weighted by molar-refractivity contribution is -0.140. The van der Waals surface area contributed by atoms with E-state index in [-0.39, 0.29) is 0 Å². The van der Waals surface area contributed by atoms with Crippen molar-refractivity contribution in [3.8, 4) is 0 Å². The number of hydrogen-bond acceptors (Lipinski definition) is 4. The molecule has 0 N–H and O–H groups in total. The van der Waals surface area contributed by atoms with Crippen LogP contribution in [-0.2, 0) is 14.3 Å². The zero-order valence-corrected chi connectivity index (χ0v) is 8.86. The van der Waals surface area contributed by atoms with E-state index in [1.165, 1.54) is 12.0 Å². The van der Waals surface area contributed by atoms with E-state index in [1.807, 2.05) is 0 Å². The van der Waals surface area contributed by atoms with Gasteiger partial charge in [0.05, 0.1) is 13.7 Å². The average molecular weight is 201 g/mol. The second-order valence-corrected chi connectivity index (χ2v) is 4.17. The lowest BCUT2D eigenvalue weighted by Crippen LogP contribution is -2.29. The molecule has 0 radical (unpaired) electrons. The van der Waals surface area contributed by atoms with Crippen LogP contribution in [-0.4, -0.2) is 42.3 Å². The van der Waals surface area contributed by atoms with Gasteiger partial charge in [-0.1, -0.05) is 0 Å². The zero-order chi connectivity index (χ0) is 10.9. The highest BCUT2D eigenvalue weighted by Gasteiger charge is 2.47. The monoisotopic (exact) mass is 201 g/mol. The summed E-state index contributed by atoms with van der Waals surface area (Å²) in [5.41, 5.74) is -0.527. The molecule has 1 fully saturated rings. The van der Waals surface area contributed by atoms with Crippen LogP contribution in [0.15, 0.2) is 0 Å². The van der Waals surface area contributed by atoms with Crippen LogP contribution in [0.4, 0.5) is 4.79 Å². The molecule has 1 unspecified atom stereocenters. The van der Waals surface area contributed by atoms with E-state index in [0.29, 0.717) is 6.54 Å². The smallest absolute Gasteiger partial charge is 0.411 e. The summed E-state index contributed by atoms with van der Waals surface area (Å²) in [5.74, 6) is -0.393. The van der Waals surface area contributed by atoms with Gasteiger partial charge in [0.1, 0.15) is 5.60 Å². The fraction of sp³-hybridized carbons (Fsp3) is 0.778.